The molecule has 5 nitrogen and oxygen atoms in total. The maximum absolute atomic E-state index is 11.9. The lowest BCUT2D eigenvalue weighted by atomic mass is 10.2. The highest BCUT2D eigenvalue weighted by Crippen LogP contribution is 2.24. The minimum absolute atomic E-state index is 0.351. The third-order valence-corrected chi connectivity index (χ3v) is 4.34. The summed E-state index contributed by atoms with van der Waals surface area (Å²) in [4.78, 5) is 2.45. The van der Waals surface area contributed by atoms with Crippen molar-refractivity contribution < 1.29 is 8.42 Å². The Morgan fingerprint density at radius 2 is 1.88 bits per heavy atom. The molecule has 17 heavy (non-hydrogen) atoms. The van der Waals surface area contributed by atoms with E-state index in [4.69, 9.17) is 0 Å². The smallest absolute Gasteiger partial charge is 0.242 e. The largest absolute Gasteiger partial charge is 0.368 e. The fraction of sp³-hybridized carbons (Fsp3) is 0.455. The first-order valence-corrected chi connectivity index (χ1v) is 7.12. The van der Waals surface area contributed by atoms with Gasteiger partial charge in [0, 0.05) is 26.2 Å². The lowest BCUT2D eigenvalue weighted by Crippen LogP contribution is -2.44. The number of hydrogen-bond donors (Lipinski definition) is 2. The van der Waals surface area contributed by atoms with Crippen LogP contribution >= 0.6 is 0 Å². The number of rotatable bonds is 3. The Morgan fingerprint density at radius 3 is 2.53 bits per heavy atom. The van der Waals surface area contributed by atoms with Crippen molar-refractivity contribution in [1.29, 1.82) is 0 Å². The van der Waals surface area contributed by atoms with Crippen molar-refractivity contribution in [2.75, 3.05) is 38.1 Å². The van der Waals surface area contributed by atoms with Gasteiger partial charge in [0.1, 0.15) is 4.90 Å². The summed E-state index contributed by atoms with van der Waals surface area (Å²) in [5.74, 6) is 0. The van der Waals surface area contributed by atoms with Crippen molar-refractivity contribution in [2.45, 2.75) is 4.90 Å². The fourth-order valence-electron chi connectivity index (χ4n) is 1.96. The van der Waals surface area contributed by atoms with Crippen LogP contribution < -0.4 is 14.9 Å². The number of hydrogen-bond acceptors (Lipinski definition) is 4. The van der Waals surface area contributed by atoms with Crippen LogP contribution in [0.5, 0.6) is 0 Å². The molecule has 1 heterocycles. The van der Waals surface area contributed by atoms with E-state index in [0.717, 1.165) is 31.9 Å². The zero-order valence-corrected chi connectivity index (χ0v) is 10.6. The Morgan fingerprint density at radius 1 is 1.24 bits per heavy atom. The molecule has 1 aromatic rings. The lowest BCUT2D eigenvalue weighted by molar-refractivity contribution is 0.576. The number of nitrogens with zero attached hydrogens (tertiary/aromatic N) is 1. The van der Waals surface area contributed by atoms with Gasteiger partial charge in [-0.2, -0.15) is 0 Å². The number of anilines is 1. The molecule has 2 N–H and O–H groups in total. The second kappa shape index (κ2) is 5.03. The Bertz CT molecular complexity index is 481. The third kappa shape index (κ3) is 2.59. The van der Waals surface area contributed by atoms with Crippen LogP contribution in [-0.4, -0.2) is 41.6 Å². The summed E-state index contributed by atoms with van der Waals surface area (Å²) in [6.45, 7) is 3.42. The lowest BCUT2D eigenvalue weighted by Gasteiger charge is -2.30. The topological polar surface area (TPSA) is 61.4 Å². The maximum Gasteiger partial charge on any atom is 0.242 e. The van der Waals surface area contributed by atoms with Crippen molar-refractivity contribution in [3.8, 4) is 0 Å². The zero-order chi connectivity index (χ0) is 12.3. The van der Waals surface area contributed by atoms with Crippen molar-refractivity contribution in [2.24, 2.45) is 0 Å². The molecule has 1 fully saturated rings. The molecule has 1 aromatic carbocycles. The summed E-state index contributed by atoms with van der Waals surface area (Å²) in [7, 11) is -1.96. The van der Waals surface area contributed by atoms with Crippen LogP contribution in [0.2, 0.25) is 0 Å². The highest BCUT2D eigenvalue weighted by molar-refractivity contribution is 7.89. The second-order valence-corrected chi connectivity index (χ2v) is 5.77. The molecule has 1 aliphatic heterocycles. The first-order valence-electron chi connectivity index (χ1n) is 5.63. The predicted molar refractivity (Wildman–Crippen MR) is 67.8 cm³/mol. The van der Waals surface area contributed by atoms with Gasteiger partial charge in [-0.05, 0) is 19.2 Å². The molecule has 0 unspecified atom stereocenters. The van der Waals surface area contributed by atoms with Crippen LogP contribution in [0.4, 0.5) is 5.69 Å². The molecule has 1 saturated heterocycles. The van der Waals surface area contributed by atoms with Gasteiger partial charge in [0.05, 0.1) is 5.69 Å². The van der Waals surface area contributed by atoms with Crippen LogP contribution in [0.1, 0.15) is 0 Å². The van der Waals surface area contributed by atoms with Gasteiger partial charge in [-0.25, -0.2) is 13.1 Å². The summed E-state index contributed by atoms with van der Waals surface area (Å²) >= 11 is 0. The average molecular weight is 255 g/mol. The monoisotopic (exact) mass is 255 g/mol. The van der Waals surface area contributed by atoms with Crippen molar-refractivity contribution in [1.82, 2.24) is 10.0 Å². The van der Waals surface area contributed by atoms with Gasteiger partial charge in [0.25, 0.3) is 0 Å². The van der Waals surface area contributed by atoms with Gasteiger partial charge in [0.15, 0.2) is 0 Å². The average Bonchev–Trinajstić information content (AvgIpc) is 2.40. The normalized spacial score (nSPS) is 17.1. The molecule has 1 aliphatic rings. The highest BCUT2D eigenvalue weighted by atomic mass is 32.2. The van der Waals surface area contributed by atoms with Gasteiger partial charge in [-0.15, -0.1) is 0 Å². The number of sulfonamides is 1. The molecule has 0 amide bonds. The summed E-state index contributed by atoms with van der Waals surface area (Å²) in [6.07, 6.45) is 0. The minimum atomic E-state index is -3.39. The fourth-order valence-corrected chi connectivity index (χ4v) is 2.91. The molecule has 0 bridgehead atoms. The summed E-state index contributed by atoms with van der Waals surface area (Å²) in [5, 5.41) is 3.25. The SMILES string of the molecule is CNS(=O)(=O)c1ccccc1N1CCNCC1. The molecule has 0 aliphatic carbocycles. The molecule has 0 saturated carbocycles. The third-order valence-electron chi connectivity index (χ3n) is 2.88. The van der Waals surface area contributed by atoms with Crippen LogP contribution in [0.3, 0.4) is 0 Å². The van der Waals surface area contributed by atoms with E-state index in [2.05, 4.69) is 14.9 Å². The van der Waals surface area contributed by atoms with E-state index in [1.165, 1.54) is 7.05 Å². The van der Waals surface area contributed by atoms with Gasteiger partial charge in [-0.1, -0.05) is 12.1 Å². The van der Waals surface area contributed by atoms with Crippen LogP contribution in [0.25, 0.3) is 0 Å². The summed E-state index contributed by atoms with van der Waals surface area (Å²) < 4.78 is 26.2. The first kappa shape index (κ1) is 12.3. The van der Waals surface area contributed by atoms with E-state index in [-0.39, 0.29) is 0 Å². The van der Waals surface area contributed by atoms with Gasteiger partial charge in [-0.3, -0.25) is 0 Å². The second-order valence-electron chi connectivity index (χ2n) is 3.91. The summed E-state index contributed by atoms with van der Waals surface area (Å²) in [5.41, 5.74) is 0.781. The number of benzene rings is 1. The van der Waals surface area contributed by atoms with Gasteiger partial charge >= 0.3 is 0 Å². The van der Waals surface area contributed by atoms with E-state index in [1.807, 2.05) is 12.1 Å². The Labute approximate surface area is 102 Å². The number of para-hydroxylation sites is 1. The van der Waals surface area contributed by atoms with Crippen molar-refractivity contribution in [3.05, 3.63) is 24.3 Å². The van der Waals surface area contributed by atoms with Crippen molar-refractivity contribution >= 4 is 15.7 Å². The Balaban J connectivity index is 2.40. The number of nitrogens with one attached hydrogen (secondary N) is 2. The molecular formula is C11H17N3O2S. The standard InChI is InChI=1S/C11H17N3O2S/c1-12-17(15,16)11-5-3-2-4-10(11)14-8-6-13-7-9-14/h2-5,12-13H,6-9H2,1H3. The van der Waals surface area contributed by atoms with Crippen LogP contribution in [0, 0.1) is 0 Å². The first-order chi connectivity index (χ1) is 8.15. The number of piperazine rings is 1. The van der Waals surface area contributed by atoms with E-state index < -0.39 is 10.0 Å². The minimum Gasteiger partial charge on any atom is -0.368 e. The predicted octanol–water partition coefficient (Wildman–Crippen LogP) is 0.00430. The molecule has 0 spiro atoms. The zero-order valence-electron chi connectivity index (χ0n) is 9.81. The molecule has 94 valence electrons. The molecular weight excluding hydrogens is 238 g/mol. The molecule has 0 atom stereocenters. The summed E-state index contributed by atoms with van der Waals surface area (Å²) in [6, 6.07) is 7.11. The van der Waals surface area contributed by atoms with Crippen LogP contribution in [0.15, 0.2) is 29.2 Å². The van der Waals surface area contributed by atoms with E-state index >= 15 is 0 Å². The van der Waals surface area contributed by atoms with Crippen molar-refractivity contribution in [3.63, 3.8) is 0 Å². The Kier molecular flexibility index (Phi) is 3.66. The van der Waals surface area contributed by atoms with E-state index in [9.17, 15) is 8.42 Å². The quantitative estimate of drug-likeness (QED) is 0.798. The van der Waals surface area contributed by atoms with Crippen LogP contribution in [-0.2, 0) is 10.0 Å². The van der Waals surface area contributed by atoms with Gasteiger partial charge in [0.2, 0.25) is 10.0 Å². The molecule has 0 radical (unpaired) electrons. The van der Waals surface area contributed by atoms with E-state index in [1.54, 1.807) is 12.1 Å². The molecule has 2 rings (SSSR count). The molecule has 6 heteroatoms. The highest BCUT2D eigenvalue weighted by Gasteiger charge is 2.20. The molecule has 0 aromatic heterocycles. The van der Waals surface area contributed by atoms with Gasteiger partial charge < -0.3 is 10.2 Å². The Hall–Kier alpha value is -1.11. The maximum atomic E-state index is 11.9. The van der Waals surface area contributed by atoms with E-state index in [0.29, 0.717) is 4.90 Å².